The molecule has 1 aliphatic carbocycles. The fraction of sp³-hybridized carbons (Fsp3) is 0.233. The zero-order chi connectivity index (χ0) is 27.2. The summed E-state index contributed by atoms with van der Waals surface area (Å²) >= 11 is 0. The van der Waals surface area contributed by atoms with Gasteiger partial charge in [-0.2, -0.15) is 0 Å². The van der Waals surface area contributed by atoms with E-state index in [1.54, 1.807) is 55.5 Å². The molecule has 0 spiro atoms. The summed E-state index contributed by atoms with van der Waals surface area (Å²) in [5.74, 6) is 0.308. The molecule has 0 heterocycles. The Morgan fingerprint density at radius 3 is 2.03 bits per heavy atom. The molecule has 0 saturated carbocycles. The van der Waals surface area contributed by atoms with E-state index in [1.165, 1.54) is 6.07 Å². The van der Waals surface area contributed by atoms with Crippen LogP contribution in [0.15, 0.2) is 66.7 Å². The molecule has 0 saturated heterocycles. The number of anilines is 2. The number of ether oxygens (including phenoxy) is 3. The van der Waals surface area contributed by atoms with Crippen LogP contribution < -0.4 is 20.9 Å². The van der Waals surface area contributed by atoms with Crippen LogP contribution in [0.25, 0.3) is 0 Å². The first-order chi connectivity index (χ1) is 18.3. The molecule has 4 rings (SSSR count). The second-order valence-corrected chi connectivity index (χ2v) is 9.08. The van der Waals surface area contributed by atoms with Crippen LogP contribution in [-0.2, 0) is 9.53 Å². The molecule has 0 radical (unpaired) electrons. The molecule has 0 aliphatic heterocycles. The predicted octanol–water partition coefficient (Wildman–Crippen LogP) is 5.48. The first-order valence-electron chi connectivity index (χ1n) is 12.4. The predicted molar refractivity (Wildman–Crippen MR) is 145 cm³/mol. The highest BCUT2D eigenvalue weighted by atomic mass is 16.5. The third-order valence-corrected chi connectivity index (χ3v) is 6.17. The number of benzene rings is 3. The molecule has 0 bridgehead atoms. The Morgan fingerprint density at radius 1 is 0.816 bits per heavy atom. The summed E-state index contributed by atoms with van der Waals surface area (Å²) in [5.41, 5.74) is 13.9. The average Bonchev–Trinajstić information content (AvgIpc) is 2.91. The normalized spacial score (nSPS) is 11.9. The number of nitrogen functional groups attached to an aromatic ring is 2. The number of unbranched alkanes of at least 4 members (excludes halogenated alkanes) is 3. The lowest BCUT2D eigenvalue weighted by atomic mass is 9.82. The first kappa shape index (κ1) is 26.5. The van der Waals surface area contributed by atoms with Gasteiger partial charge in [0.2, 0.25) is 0 Å². The van der Waals surface area contributed by atoms with Crippen LogP contribution >= 0.6 is 0 Å². The Morgan fingerprint density at radius 2 is 1.39 bits per heavy atom. The average molecular weight is 515 g/mol. The van der Waals surface area contributed by atoms with Crippen LogP contribution in [0.4, 0.5) is 11.4 Å². The lowest BCUT2D eigenvalue weighted by molar-refractivity contribution is -0.139. The summed E-state index contributed by atoms with van der Waals surface area (Å²) in [6, 6.07) is 15.1. The van der Waals surface area contributed by atoms with E-state index >= 15 is 0 Å². The quantitative estimate of drug-likeness (QED) is 0.116. The molecule has 1 aliphatic rings. The molecule has 4 N–H and O–H groups in total. The summed E-state index contributed by atoms with van der Waals surface area (Å²) in [6.45, 7) is 6.13. The van der Waals surface area contributed by atoms with E-state index < -0.39 is 0 Å². The van der Waals surface area contributed by atoms with Gasteiger partial charge in [-0.05, 0) is 56.9 Å². The van der Waals surface area contributed by atoms with Gasteiger partial charge in [-0.25, -0.2) is 4.79 Å². The second-order valence-electron chi connectivity index (χ2n) is 9.08. The number of hydrogen-bond acceptors (Lipinski definition) is 8. The van der Waals surface area contributed by atoms with Gasteiger partial charge in [-0.15, -0.1) is 0 Å². The van der Waals surface area contributed by atoms with Crippen molar-refractivity contribution in [2.75, 3.05) is 24.7 Å². The smallest absolute Gasteiger partial charge is 0.333 e. The highest BCUT2D eigenvalue weighted by Gasteiger charge is 2.34. The molecule has 0 aromatic heterocycles. The van der Waals surface area contributed by atoms with Crippen LogP contribution in [0.1, 0.15) is 64.4 Å². The summed E-state index contributed by atoms with van der Waals surface area (Å²) < 4.78 is 16.8. The van der Waals surface area contributed by atoms with Crippen molar-refractivity contribution >= 4 is 28.9 Å². The van der Waals surface area contributed by atoms with Gasteiger partial charge in [0, 0.05) is 28.5 Å². The molecule has 8 nitrogen and oxygen atoms in total. The fourth-order valence-corrected chi connectivity index (χ4v) is 4.17. The van der Waals surface area contributed by atoms with E-state index in [0.29, 0.717) is 41.4 Å². The van der Waals surface area contributed by atoms with E-state index in [2.05, 4.69) is 6.58 Å². The summed E-state index contributed by atoms with van der Waals surface area (Å²) in [7, 11) is 0. The van der Waals surface area contributed by atoms with Gasteiger partial charge in [0.15, 0.2) is 17.3 Å². The molecular weight excluding hydrogens is 484 g/mol. The highest BCUT2D eigenvalue weighted by Crippen LogP contribution is 2.41. The van der Waals surface area contributed by atoms with Crippen molar-refractivity contribution in [3.63, 3.8) is 0 Å². The lowest BCUT2D eigenvalue weighted by Crippen LogP contribution is -2.24. The standard InChI is InChI=1S/C30H30N2O6/c1-18(2)30(35)37-16-8-4-3-7-15-36-19-11-13-20(14-12-19)38-24-17-23(31)25-26(27(24)32)29(34)22-10-6-5-9-21(22)28(25)33/h5-6,9-14,17H,1,3-4,7-8,15-16,31-32H2,2H3. The van der Waals surface area contributed by atoms with Crippen LogP contribution in [-0.4, -0.2) is 30.7 Å². The minimum absolute atomic E-state index is 0.0665. The van der Waals surface area contributed by atoms with Gasteiger partial charge in [0.05, 0.1) is 30.0 Å². The monoisotopic (exact) mass is 514 g/mol. The molecular formula is C30H30N2O6. The lowest BCUT2D eigenvalue weighted by Gasteiger charge is -2.22. The second kappa shape index (κ2) is 11.6. The zero-order valence-corrected chi connectivity index (χ0v) is 21.3. The highest BCUT2D eigenvalue weighted by molar-refractivity contribution is 6.32. The van der Waals surface area contributed by atoms with Gasteiger partial charge in [-0.1, -0.05) is 30.8 Å². The molecule has 0 amide bonds. The van der Waals surface area contributed by atoms with Crippen molar-refractivity contribution in [2.45, 2.75) is 32.6 Å². The summed E-state index contributed by atoms with van der Waals surface area (Å²) in [4.78, 5) is 37.5. The van der Waals surface area contributed by atoms with Gasteiger partial charge >= 0.3 is 5.97 Å². The molecule has 8 heteroatoms. The molecule has 196 valence electrons. The number of hydrogen-bond donors (Lipinski definition) is 2. The first-order valence-corrected chi connectivity index (χ1v) is 12.4. The zero-order valence-electron chi connectivity index (χ0n) is 21.3. The number of fused-ring (bicyclic) bond motifs is 2. The minimum atomic E-state index is -0.360. The Balaban J connectivity index is 1.32. The van der Waals surface area contributed by atoms with Crippen molar-refractivity contribution in [3.05, 3.63) is 89.0 Å². The van der Waals surface area contributed by atoms with Crippen LogP contribution in [0.2, 0.25) is 0 Å². The van der Waals surface area contributed by atoms with Gasteiger partial charge < -0.3 is 25.7 Å². The van der Waals surface area contributed by atoms with Gasteiger partial charge in [0.25, 0.3) is 0 Å². The molecule has 0 fully saturated rings. The summed E-state index contributed by atoms with van der Waals surface area (Å²) in [6.07, 6.45) is 3.56. The molecule has 3 aromatic rings. The van der Waals surface area contributed by atoms with Crippen molar-refractivity contribution < 1.29 is 28.6 Å². The van der Waals surface area contributed by atoms with Crippen molar-refractivity contribution in [2.24, 2.45) is 0 Å². The number of carbonyl (C=O) groups is 3. The molecule has 0 atom stereocenters. The number of esters is 1. The van der Waals surface area contributed by atoms with Crippen molar-refractivity contribution in [1.29, 1.82) is 0 Å². The maximum absolute atomic E-state index is 13.1. The Kier molecular flexibility index (Phi) is 8.11. The molecule has 38 heavy (non-hydrogen) atoms. The largest absolute Gasteiger partial charge is 0.494 e. The van der Waals surface area contributed by atoms with E-state index in [9.17, 15) is 14.4 Å². The SMILES string of the molecule is C=C(C)C(=O)OCCCCCCOc1ccc(Oc2cc(N)c3c(c2N)C(=O)c2ccccc2C3=O)cc1. The van der Waals surface area contributed by atoms with Crippen LogP contribution in [0, 0.1) is 0 Å². The number of rotatable bonds is 11. The van der Waals surface area contributed by atoms with Crippen LogP contribution in [0.3, 0.4) is 0 Å². The maximum Gasteiger partial charge on any atom is 0.333 e. The van der Waals surface area contributed by atoms with Gasteiger partial charge in [0.1, 0.15) is 11.5 Å². The van der Waals surface area contributed by atoms with E-state index in [1.807, 2.05) is 0 Å². The molecule has 3 aromatic carbocycles. The Hall–Kier alpha value is -4.59. The fourth-order valence-electron chi connectivity index (χ4n) is 4.17. The van der Waals surface area contributed by atoms with E-state index in [4.69, 9.17) is 25.7 Å². The van der Waals surface area contributed by atoms with Crippen LogP contribution in [0.5, 0.6) is 17.2 Å². The third-order valence-electron chi connectivity index (χ3n) is 6.17. The number of nitrogens with two attached hydrogens (primary N) is 2. The number of carbonyl (C=O) groups excluding carboxylic acids is 3. The van der Waals surface area contributed by atoms with E-state index in [-0.39, 0.29) is 45.8 Å². The van der Waals surface area contributed by atoms with Gasteiger partial charge in [-0.3, -0.25) is 9.59 Å². The number of ketones is 2. The maximum atomic E-state index is 13.1. The van der Waals surface area contributed by atoms with Crippen molar-refractivity contribution in [1.82, 2.24) is 0 Å². The summed E-state index contributed by atoms with van der Waals surface area (Å²) in [5, 5.41) is 0. The Labute approximate surface area is 221 Å². The Bertz CT molecular complexity index is 1390. The minimum Gasteiger partial charge on any atom is -0.494 e. The third kappa shape index (κ3) is 5.70. The molecule has 0 unspecified atom stereocenters. The van der Waals surface area contributed by atoms with Crippen molar-refractivity contribution in [3.8, 4) is 17.2 Å². The van der Waals surface area contributed by atoms with E-state index in [0.717, 1.165) is 25.7 Å². The topological polar surface area (TPSA) is 131 Å².